The molecule has 0 unspecified atom stereocenters. The number of halogens is 1. The standard InChI is InChI=1S/C28H26BrN3O4S2/c1-4-36-27(35)23-20-7-5-6-8-22(20)38-26(23)31-15(2)13-17(16(31)3)14-21-24(33)30-28(37)32(25(21)34)19-11-9-18(29)10-12-19/h9-14H,4-8H2,1-3H3,(H,30,33,37)/b21-14+. The normalized spacial score (nSPS) is 16.6. The molecular weight excluding hydrogens is 586 g/mol. The molecule has 7 nitrogen and oxygen atoms in total. The second-order valence-corrected chi connectivity index (χ2v) is 11.6. The Morgan fingerprint density at radius 1 is 1.18 bits per heavy atom. The molecule has 196 valence electrons. The number of carbonyl (C=O) groups excluding carboxylic acids is 3. The molecule has 2 aromatic heterocycles. The van der Waals surface area contributed by atoms with Crippen LogP contribution in [0.4, 0.5) is 5.69 Å². The zero-order chi connectivity index (χ0) is 27.1. The number of thiophene rings is 1. The highest BCUT2D eigenvalue weighted by Crippen LogP contribution is 2.39. The number of aryl methyl sites for hydroxylation is 2. The van der Waals surface area contributed by atoms with E-state index in [0.29, 0.717) is 23.4 Å². The van der Waals surface area contributed by atoms with Crippen molar-refractivity contribution in [1.82, 2.24) is 9.88 Å². The lowest BCUT2D eigenvalue weighted by molar-refractivity contribution is -0.122. The molecule has 3 heterocycles. The van der Waals surface area contributed by atoms with Gasteiger partial charge in [-0.15, -0.1) is 11.3 Å². The fourth-order valence-corrected chi connectivity index (χ4v) is 7.04. The molecule has 3 aromatic rings. The van der Waals surface area contributed by atoms with Crippen LogP contribution in [0.1, 0.15) is 57.5 Å². The van der Waals surface area contributed by atoms with Crippen molar-refractivity contribution in [2.24, 2.45) is 0 Å². The minimum absolute atomic E-state index is 0.0159. The molecule has 5 rings (SSSR count). The first-order valence-corrected chi connectivity index (χ1v) is 14.4. The van der Waals surface area contributed by atoms with Crippen LogP contribution in [0.25, 0.3) is 11.1 Å². The summed E-state index contributed by atoms with van der Waals surface area (Å²) < 4.78 is 8.34. The van der Waals surface area contributed by atoms with Crippen LogP contribution in [0, 0.1) is 13.8 Å². The fraction of sp³-hybridized carbons (Fsp3) is 0.286. The summed E-state index contributed by atoms with van der Waals surface area (Å²) in [5, 5.41) is 3.50. The van der Waals surface area contributed by atoms with Gasteiger partial charge in [-0.2, -0.15) is 0 Å². The quantitative estimate of drug-likeness (QED) is 0.171. The third kappa shape index (κ3) is 4.65. The fourth-order valence-electron chi connectivity index (χ4n) is 5.01. The summed E-state index contributed by atoms with van der Waals surface area (Å²) >= 11 is 10.3. The van der Waals surface area contributed by atoms with E-state index >= 15 is 0 Å². The van der Waals surface area contributed by atoms with E-state index in [1.807, 2.05) is 31.4 Å². The summed E-state index contributed by atoms with van der Waals surface area (Å²) in [6, 6.07) is 9.05. The smallest absolute Gasteiger partial charge is 0.341 e. The minimum atomic E-state index is -0.544. The van der Waals surface area contributed by atoms with E-state index in [1.54, 1.807) is 41.7 Å². The van der Waals surface area contributed by atoms with Crippen molar-refractivity contribution in [3.05, 3.63) is 73.3 Å². The van der Waals surface area contributed by atoms with Gasteiger partial charge in [0.25, 0.3) is 11.8 Å². The number of carbonyl (C=O) groups is 3. The summed E-state index contributed by atoms with van der Waals surface area (Å²) in [5.41, 5.74) is 4.69. The molecule has 0 spiro atoms. The molecule has 1 aromatic carbocycles. The lowest BCUT2D eigenvalue weighted by Gasteiger charge is -2.29. The van der Waals surface area contributed by atoms with Gasteiger partial charge in [0.05, 0.1) is 17.9 Å². The molecular formula is C28H26BrN3O4S2. The summed E-state index contributed by atoms with van der Waals surface area (Å²) in [6.45, 7) is 5.99. The number of hydrogen-bond acceptors (Lipinski definition) is 6. The first kappa shape index (κ1) is 26.5. The Hall–Kier alpha value is -3.08. The Bertz CT molecular complexity index is 1520. The van der Waals surface area contributed by atoms with E-state index in [9.17, 15) is 14.4 Å². The first-order chi connectivity index (χ1) is 18.2. The molecule has 1 aliphatic heterocycles. The van der Waals surface area contributed by atoms with Gasteiger partial charge in [-0.3, -0.25) is 19.8 Å². The van der Waals surface area contributed by atoms with Gasteiger partial charge in [0.2, 0.25) is 0 Å². The van der Waals surface area contributed by atoms with Gasteiger partial charge in [-0.25, -0.2) is 4.79 Å². The number of fused-ring (bicyclic) bond motifs is 1. The van der Waals surface area contributed by atoms with Crippen LogP contribution in [-0.4, -0.2) is 34.1 Å². The second kappa shape index (κ2) is 10.6. The Morgan fingerprint density at radius 2 is 1.89 bits per heavy atom. The SMILES string of the molecule is CCOC(=O)c1c(-n2c(C)cc(/C=C3\C(=O)NC(=S)N(c4ccc(Br)cc4)C3=O)c2C)sc2c1CCCC2. The van der Waals surface area contributed by atoms with Gasteiger partial charge in [-0.05, 0) is 106 Å². The molecule has 1 aliphatic carbocycles. The molecule has 1 fully saturated rings. The maximum absolute atomic E-state index is 13.5. The van der Waals surface area contributed by atoms with E-state index in [2.05, 4.69) is 21.2 Å². The summed E-state index contributed by atoms with van der Waals surface area (Å²) in [7, 11) is 0. The number of amides is 2. The summed E-state index contributed by atoms with van der Waals surface area (Å²) in [4.78, 5) is 42.0. The highest BCUT2D eigenvalue weighted by Gasteiger charge is 2.35. The van der Waals surface area contributed by atoms with Crippen LogP contribution in [0.15, 0.2) is 40.4 Å². The van der Waals surface area contributed by atoms with Gasteiger partial charge >= 0.3 is 5.97 Å². The second-order valence-electron chi connectivity index (χ2n) is 9.21. The van der Waals surface area contributed by atoms with E-state index < -0.39 is 11.8 Å². The van der Waals surface area contributed by atoms with Gasteiger partial charge in [0.15, 0.2) is 5.11 Å². The van der Waals surface area contributed by atoms with Gasteiger partial charge in [0, 0.05) is 20.7 Å². The van der Waals surface area contributed by atoms with Crippen LogP contribution in [0.3, 0.4) is 0 Å². The molecule has 0 bridgehead atoms. The monoisotopic (exact) mass is 611 g/mol. The van der Waals surface area contributed by atoms with Crippen molar-refractivity contribution in [1.29, 1.82) is 0 Å². The van der Waals surface area contributed by atoms with E-state index in [1.165, 1.54) is 9.78 Å². The van der Waals surface area contributed by atoms with Crippen molar-refractivity contribution in [3.63, 3.8) is 0 Å². The van der Waals surface area contributed by atoms with Crippen molar-refractivity contribution in [3.8, 4) is 5.00 Å². The number of ether oxygens (including phenoxy) is 1. The molecule has 1 N–H and O–H groups in total. The maximum atomic E-state index is 13.5. The summed E-state index contributed by atoms with van der Waals surface area (Å²) in [6.07, 6.45) is 5.55. The Kier molecular flexibility index (Phi) is 7.39. The zero-order valence-corrected chi connectivity index (χ0v) is 24.4. The number of esters is 1. The molecule has 1 saturated heterocycles. The van der Waals surface area contributed by atoms with Crippen LogP contribution >= 0.6 is 39.5 Å². The number of nitrogens with zero attached hydrogens (tertiary/aromatic N) is 2. The van der Waals surface area contributed by atoms with Crippen LogP contribution in [0.5, 0.6) is 0 Å². The highest BCUT2D eigenvalue weighted by molar-refractivity contribution is 9.10. The van der Waals surface area contributed by atoms with Gasteiger partial charge in [0.1, 0.15) is 10.6 Å². The lowest BCUT2D eigenvalue weighted by atomic mass is 9.95. The Labute approximate surface area is 238 Å². The first-order valence-electron chi connectivity index (χ1n) is 12.4. The van der Waals surface area contributed by atoms with E-state index in [4.69, 9.17) is 17.0 Å². The van der Waals surface area contributed by atoms with Crippen molar-refractivity contribution < 1.29 is 19.1 Å². The van der Waals surface area contributed by atoms with Gasteiger partial charge in [-0.1, -0.05) is 15.9 Å². The number of thiocarbonyl (C=S) groups is 1. The summed E-state index contributed by atoms with van der Waals surface area (Å²) in [5.74, 6) is -1.35. The van der Waals surface area contributed by atoms with Crippen LogP contribution in [-0.2, 0) is 27.2 Å². The topological polar surface area (TPSA) is 80.6 Å². The van der Waals surface area contributed by atoms with Crippen molar-refractivity contribution in [2.75, 3.05) is 11.5 Å². The highest BCUT2D eigenvalue weighted by atomic mass is 79.9. The lowest BCUT2D eigenvalue weighted by Crippen LogP contribution is -2.54. The molecule has 0 atom stereocenters. The third-order valence-electron chi connectivity index (χ3n) is 6.79. The number of benzene rings is 1. The predicted molar refractivity (Wildman–Crippen MR) is 156 cm³/mol. The molecule has 2 aliphatic rings. The Morgan fingerprint density at radius 3 is 2.61 bits per heavy atom. The zero-order valence-electron chi connectivity index (χ0n) is 21.2. The molecule has 2 amide bonds. The number of anilines is 1. The molecule has 0 saturated carbocycles. The minimum Gasteiger partial charge on any atom is -0.462 e. The number of rotatable bonds is 5. The number of aromatic nitrogens is 1. The number of nitrogens with one attached hydrogen (secondary N) is 1. The van der Waals surface area contributed by atoms with E-state index in [-0.39, 0.29) is 16.7 Å². The molecule has 0 radical (unpaired) electrons. The third-order valence-corrected chi connectivity index (χ3v) is 8.88. The van der Waals surface area contributed by atoms with Crippen molar-refractivity contribution >= 4 is 74.1 Å². The van der Waals surface area contributed by atoms with Gasteiger partial charge < -0.3 is 9.30 Å². The average molecular weight is 613 g/mol. The van der Waals surface area contributed by atoms with E-state index in [0.717, 1.165) is 52.1 Å². The maximum Gasteiger partial charge on any atom is 0.341 e. The largest absolute Gasteiger partial charge is 0.462 e. The van der Waals surface area contributed by atoms with Crippen molar-refractivity contribution in [2.45, 2.75) is 46.5 Å². The molecule has 10 heteroatoms. The van der Waals surface area contributed by atoms with Crippen LogP contribution in [0.2, 0.25) is 0 Å². The molecule has 38 heavy (non-hydrogen) atoms. The number of hydrogen-bond donors (Lipinski definition) is 1. The Balaban J connectivity index is 1.58. The average Bonchev–Trinajstić information content (AvgIpc) is 3.38. The van der Waals surface area contributed by atoms with Crippen LogP contribution < -0.4 is 10.2 Å². The predicted octanol–water partition coefficient (Wildman–Crippen LogP) is 5.80.